The van der Waals surface area contributed by atoms with Gasteiger partial charge in [0, 0.05) is 32.1 Å². The Bertz CT molecular complexity index is 258. The highest BCUT2D eigenvalue weighted by Gasteiger charge is 2.30. The number of likely N-dealkylation sites (N-methyl/N-ethyl adjacent to an activating group) is 1. The first-order valence-corrected chi connectivity index (χ1v) is 6.38. The Morgan fingerprint density at radius 1 is 1.06 bits per heavy atom. The average molecular weight is 247 g/mol. The van der Waals surface area contributed by atoms with Crippen molar-refractivity contribution >= 4 is 23.4 Å². The van der Waals surface area contributed by atoms with Crippen LogP contribution in [0.4, 0.5) is 0 Å². The molecule has 92 valence electrons. The summed E-state index contributed by atoms with van der Waals surface area (Å²) in [4.78, 5) is 26.5. The van der Waals surface area contributed by atoms with Crippen LogP contribution in [0.2, 0.25) is 0 Å². The lowest BCUT2D eigenvalue weighted by molar-refractivity contribution is -0.155. The Kier molecular flexibility index (Phi) is 5.60. The summed E-state index contributed by atoms with van der Waals surface area (Å²) in [5, 5.41) is 0. The van der Waals surface area contributed by atoms with Gasteiger partial charge in [-0.15, -0.1) is 11.6 Å². The summed E-state index contributed by atoms with van der Waals surface area (Å²) < 4.78 is 0. The van der Waals surface area contributed by atoms with Crippen LogP contribution in [-0.2, 0) is 9.59 Å². The van der Waals surface area contributed by atoms with E-state index >= 15 is 0 Å². The van der Waals surface area contributed by atoms with Crippen molar-refractivity contribution in [3.05, 3.63) is 0 Å². The number of hydrogen-bond acceptors (Lipinski definition) is 2. The number of carbonyl (C=O) groups excluding carboxylic acids is 2. The average Bonchev–Trinajstić information content (AvgIpc) is 2.30. The number of piperazine rings is 1. The van der Waals surface area contributed by atoms with Gasteiger partial charge in [0.2, 0.25) is 0 Å². The van der Waals surface area contributed by atoms with E-state index in [-0.39, 0.29) is 11.8 Å². The number of rotatable bonds is 6. The Hall–Kier alpha value is -0.770. The minimum absolute atomic E-state index is 0.348. The van der Waals surface area contributed by atoms with E-state index in [1.807, 2.05) is 6.92 Å². The molecule has 0 aromatic rings. The molecule has 5 heteroatoms. The van der Waals surface area contributed by atoms with E-state index in [0.29, 0.717) is 32.1 Å². The molecule has 0 radical (unpaired) electrons. The minimum Gasteiger partial charge on any atom is -0.333 e. The monoisotopic (exact) mass is 246 g/mol. The van der Waals surface area contributed by atoms with Gasteiger partial charge in [0.05, 0.1) is 0 Å². The molecule has 0 aromatic carbocycles. The van der Waals surface area contributed by atoms with Crippen molar-refractivity contribution in [1.29, 1.82) is 0 Å². The molecule has 0 unspecified atom stereocenters. The topological polar surface area (TPSA) is 40.6 Å². The van der Waals surface area contributed by atoms with Crippen molar-refractivity contribution in [1.82, 2.24) is 9.80 Å². The van der Waals surface area contributed by atoms with Gasteiger partial charge in [-0.2, -0.15) is 0 Å². The minimum atomic E-state index is -0.355. The van der Waals surface area contributed by atoms with Crippen molar-refractivity contribution in [3.63, 3.8) is 0 Å². The molecule has 1 fully saturated rings. The van der Waals surface area contributed by atoms with E-state index in [1.165, 1.54) is 0 Å². The fourth-order valence-corrected chi connectivity index (χ4v) is 1.99. The van der Waals surface area contributed by atoms with Crippen LogP contribution in [0.3, 0.4) is 0 Å². The van der Waals surface area contributed by atoms with E-state index in [4.69, 9.17) is 11.6 Å². The van der Waals surface area contributed by atoms with Crippen molar-refractivity contribution in [3.8, 4) is 0 Å². The zero-order valence-corrected chi connectivity index (χ0v) is 10.5. The number of amides is 2. The second-order valence-electron chi connectivity index (χ2n) is 3.93. The van der Waals surface area contributed by atoms with Gasteiger partial charge in [-0.1, -0.05) is 6.42 Å². The molecule has 4 nitrogen and oxygen atoms in total. The maximum atomic E-state index is 11.7. The van der Waals surface area contributed by atoms with Crippen molar-refractivity contribution < 1.29 is 9.59 Å². The van der Waals surface area contributed by atoms with Crippen molar-refractivity contribution in [2.24, 2.45) is 0 Å². The van der Waals surface area contributed by atoms with Gasteiger partial charge >= 0.3 is 11.8 Å². The maximum absolute atomic E-state index is 11.7. The van der Waals surface area contributed by atoms with Crippen LogP contribution in [0.25, 0.3) is 0 Å². The fourth-order valence-electron chi connectivity index (χ4n) is 1.80. The predicted octanol–water partition coefficient (Wildman–Crippen LogP) is 1.09. The predicted molar refractivity (Wildman–Crippen MR) is 63.4 cm³/mol. The first kappa shape index (κ1) is 13.3. The number of hydrogen-bond donors (Lipinski definition) is 0. The number of unbranched alkanes of at least 4 members (excludes halogenated alkanes) is 2. The second-order valence-corrected chi connectivity index (χ2v) is 4.30. The van der Waals surface area contributed by atoms with E-state index in [9.17, 15) is 9.59 Å². The molecular formula is C11H19ClN2O2. The Balaban J connectivity index is 2.34. The zero-order chi connectivity index (χ0) is 12.0. The second kappa shape index (κ2) is 6.74. The van der Waals surface area contributed by atoms with Gasteiger partial charge in [0.15, 0.2) is 0 Å². The summed E-state index contributed by atoms with van der Waals surface area (Å²) in [6, 6.07) is 0. The molecule has 0 saturated carbocycles. The van der Waals surface area contributed by atoms with E-state index in [0.717, 1.165) is 19.3 Å². The lowest BCUT2D eigenvalue weighted by atomic mass is 10.2. The van der Waals surface area contributed by atoms with E-state index < -0.39 is 0 Å². The van der Waals surface area contributed by atoms with Crippen molar-refractivity contribution in [2.45, 2.75) is 26.2 Å². The summed E-state index contributed by atoms with van der Waals surface area (Å²) >= 11 is 5.57. The number of halogens is 1. The molecule has 0 aromatic heterocycles. The molecule has 0 bridgehead atoms. The summed E-state index contributed by atoms with van der Waals surface area (Å²) in [6.07, 6.45) is 2.91. The van der Waals surface area contributed by atoms with Crippen LogP contribution in [0.5, 0.6) is 0 Å². The normalized spacial score (nSPS) is 17.1. The molecule has 16 heavy (non-hydrogen) atoms. The fraction of sp³-hybridized carbons (Fsp3) is 0.818. The molecule has 0 aliphatic carbocycles. The molecule has 1 saturated heterocycles. The molecule has 1 heterocycles. The third-order valence-corrected chi connectivity index (χ3v) is 3.11. The highest BCUT2D eigenvalue weighted by molar-refractivity contribution is 6.35. The third kappa shape index (κ3) is 3.37. The Morgan fingerprint density at radius 3 is 2.31 bits per heavy atom. The Morgan fingerprint density at radius 2 is 1.69 bits per heavy atom. The zero-order valence-electron chi connectivity index (χ0n) is 9.75. The number of carbonyl (C=O) groups is 2. The molecule has 1 rings (SSSR count). The first-order valence-electron chi connectivity index (χ1n) is 5.84. The summed E-state index contributed by atoms with van der Waals surface area (Å²) in [6.45, 7) is 4.51. The van der Waals surface area contributed by atoms with Gasteiger partial charge in [0.25, 0.3) is 0 Å². The van der Waals surface area contributed by atoms with Gasteiger partial charge in [0.1, 0.15) is 0 Å². The molecule has 0 atom stereocenters. The number of nitrogens with zero attached hydrogens (tertiary/aromatic N) is 2. The SMILES string of the molecule is CCN1CCN(CCCCCCl)C(=O)C1=O. The van der Waals surface area contributed by atoms with Gasteiger partial charge in [-0.25, -0.2) is 0 Å². The highest BCUT2D eigenvalue weighted by Crippen LogP contribution is 2.07. The lowest BCUT2D eigenvalue weighted by Gasteiger charge is -2.33. The standard InChI is InChI=1S/C11H19ClN2O2/c1-2-13-8-9-14(11(16)10(13)15)7-5-3-4-6-12/h2-9H2,1H3. The molecule has 0 spiro atoms. The first-order chi connectivity index (χ1) is 7.70. The summed E-state index contributed by atoms with van der Waals surface area (Å²) in [7, 11) is 0. The lowest BCUT2D eigenvalue weighted by Crippen LogP contribution is -2.54. The summed E-state index contributed by atoms with van der Waals surface area (Å²) in [5.74, 6) is -0.0405. The summed E-state index contributed by atoms with van der Waals surface area (Å²) in [5.41, 5.74) is 0. The van der Waals surface area contributed by atoms with Crippen LogP contribution in [0, 0.1) is 0 Å². The van der Waals surface area contributed by atoms with Gasteiger partial charge < -0.3 is 9.80 Å². The molecule has 0 N–H and O–H groups in total. The Labute approximate surface area is 102 Å². The van der Waals surface area contributed by atoms with Crippen molar-refractivity contribution in [2.75, 3.05) is 32.1 Å². The van der Waals surface area contributed by atoms with E-state index in [2.05, 4.69) is 0 Å². The van der Waals surface area contributed by atoms with Crippen LogP contribution in [0.1, 0.15) is 26.2 Å². The smallest absolute Gasteiger partial charge is 0.312 e. The quantitative estimate of drug-likeness (QED) is 0.400. The van der Waals surface area contributed by atoms with Crippen LogP contribution < -0.4 is 0 Å². The highest BCUT2D eigenvalue weighted by atomic mass is 35.5. The van der Waals surface area contributed by atoms with Crippen LogP contribution in [-0.4, -0.2) is 53.7 Å². The maximum Gasteiger partial charge on any atom is 0.312 e. The molecule has 1 aliphatic heterocycles. The van der Waals surface area contributed by atoms with Crippen LogP contribution in [0.15, 0.2) is 0 Å². The van der Waals surface area contributed by atoms with Gasteiger partial charge in [-0.05, 0) is 19.8 Å². The molecule has 2 amide bonds. The third-order valence-electron chi connectivity index (χ3n) is 2.84. The van der Waals surface area contributed by atoms with E-state index in [1.54, 1.807) is 9.80 Å². The van der Waals surface area contributed by atoms with Crippen LogP contribution >= 0.6 is 11.6 Å². The molecular weight excluding hydrogens is 228 g/mol. The van der Waals surface area contributed by atoms with Gasteiger partial charge in [-0.3, -0.25) is 9.59 Å². The molecule has 1 aliphatic rings. The number of alkyl halides is 1. The largest absolute Gasteiger partial charge is 0.333 e.